The Balaban J connectivity index is 0.000000401. The fourth-order valence-corrected chi connectivity index (χ4v) is 3.26. The maximum Gasteiger partial charge on any atom is 0.335 e. The van der Waals surface area contributed by atoms with E-state index in [1.54, 1.807) is 48.5 Å². The normalized spacial score (nSPS) is 11.8. The number of Topliss-reactive ketones (excluding diaryl/α,β-unsaturated/α-hetero) is 2. The van der Waals surface area contributed by atoms with Crippen LogP contribution >= 0.6 is 0 Å². The standard InChI is InChI=1S/C20H14O5.C4H6O2/c21-11-5-7-15-17(9-11)25-18-10-12(22)6-8-16(18)19(15)13-3-1-2-4-14(13)20(23)24;1-3(5)4(2)6/h1-10,19,21-22H,(H,23,24);1-2H3. The van der Waals surface area contributed by atoms with Gasteiger partial charge in [-0.3, -0.25) is 9.59 Å². The van der Waals surface area contributed by atoms with Crippen molar-refractivity contribution in [2.75, 3.05) is 0 Å². The highest BCUT2D eigenvalue weighted by Crippen LogP contribution is 2.49. The van der Waals surface area contributed by atoms with E-state index >= 15 is 0 Å². The van der Waals surface area contributed by atoms with Crippen molar-refractivity contribution in [2.45, 2.75) is 19.8 Å². The molecule has 3 aromatic carbocycles. The molecule has 31 heavy (non-hydrogen) atoms. The average Bonchev–Trinajstić information content (AvgIpc) is 2.72. The number of carboxylic acid groups (broad SMARTS) is 1. The SMILES string of the molecule is CC(=O)C(C)=O.O=C(O)c1ccccc1C1c2ccc(O)cc2Oc2cc(O)ccc21. The Morgan fingerprint density at radius 3 is 1.68 bits per heavy atom. The van der Waals surface area contributed by atoms with E-state index < -0.39 is 5.97 Å². The number of carbonyl (C=O) groups is 3. The molecule has 158 valence electrons. The molecule has 0 radical (unpaired) electrons. The molecule has 1 aliphatic rings. The first-order chi connectivity index (χ1) is 14.7. The van der Waals surface area contributed by atoms with Crippen molar-refractivity contribution in [3.05, 3.63) is 82.9 Å². The van der Waals surface area contributed by atoms with Crippen LogP contribution in [-0.2, 0) is 9.59 Å². The number of fused-ring (bicyclic) bond motifs is 2. The minimum absolute atomic E-state index is 0.0487. The molecule has 7 nitrogen and oxygen atoms in total. The van der Waals surface area contributed by atoms with E-state index in [-0.39, 0.29) is 34.5 Å². The summed E-state index contributed by atoms with van der Waals surface area (Å²) in [6, 6.07) is 16.3. The molecule has 0 spiro atoms. The highest BCUT2D eigenvalue weighted by Gasteiger charge is 2.31. The van der Waals surface area contributed by atoms with E-state index in [1.807, 2.05) is 0 Å². The van der Waals surface area contributed by atoms with Crippen molar-refractivity contribution in [2.24, 2.45) is 0 Å². The van der Waals surface area contributed by atoms with Crippen LogP contribution in [0.15, 0.2) is 60.7 Å². The second kappa shape index (κ2) is 8.71. The number of ether oxygens (including phenoxy) is 1. The van der Waals surface area contributed by atoms with Crippen molar-refractivity contribution in [1.82, 2.24) is 0 Å². The van der Waals surface area contributed by atoms with Gasteiger partial charge in [0.15, 0.2) is 11.6 Å². The van der Waals surface area contributed by atoms with Gasteiger partial charge in [-0.2, -0.15) is 0 Å². The Labute approximate surface area is 178 Å². The van der Waals surface area contributed by atoms with Crippen molar-refractivity contribution in [3.8, 4) is 23.0 Å². The molecule has 0 atom stereocenters. The third-order valence-electron chi connectivity index (χ3n) is 4.83. The molecule has 0 bridgehead atoms. The minimum atomic E-state index is -1.01. The predicted molar refractivity (Wildman–Crippen MR) is 112 cm³/mol. The molecule has 3 aromatic rings. The Bertz CT molecular complexity index is 1120. The molecule has 3 N–H and O–H groups in total. The highest BCUT2D eigenvalue weighted by molar-refractivity contribution is 6.35. The maximum absolute atomic E-state index is 11.7. The van der Waals surface area contributed by atoms with Crippen LogP contribution in [0, 0.1) is 0 Å². The predicted octanol–water partition coefficient (Wildman–Crippen LogP) is 4.25. The van der Waals surface area contributed by atoms with Gasteiger partial charge < -0.3 is 20.1 Å². The molecule has 0 aromatic heterocycles. The molecular weight excluding hydrogens is 400 g/mol. The fraction of sp³-hybridized carbons (Fsp3) is 0.125. The van der Waals surface area contributed by atoms with Gasteiger partial charge in [-0.05, 0) is 23.8 Å². The van der Waals surface area contributed by atoms with Crippen molar-refractivity contribution < 1.29 is 34.4 Å². The monoisotopic (exact) mass is 420 g/mol. The molecule has 0 fully saturated rings. The second-order valence-corrected chi connectivity index (χ2v) is 6.98. The van der Waals surface area contributed by atoms with E-state index in [0.29, 0.717) is 17.1 Å². The summed E-state index contributed by atoms with van der Waals surface area (Å²) in [4.78, 5) is 31.3. The van der Waals surface area contributed by atoms with Gasteiger partial charge in [0.25, 0.3) is 0 Å². The van der Waals surface area contributed by atoms with Gasteiger partial charge in [0, 0.05) is 43.0 Å². The van der Waals surface area contributed by atoms with E-state index in [0.717, 1.165) is 11.1 Å². The zero-order valence-electron chi connectivity index (χ0n) is 16.8. The number of hydrogen-bond donors (Lipinski definition) is 3. The van der Waals surface area contributed by atoms with Crippen LogP contribution in [0.4, 0.5) is 0 Å². The smallest absolute Gasteiger partial charge is 0.335 e. The molecule has 0 amide bonds. The van der Waals surface area contributed by atoms with Gasteiger partial charge in [-0.15, -0.1) is 0 Å². The molecule has 0 aliphatic carbocycles. The zero-order valence-corrected chi connectivity index (χ0v) is 16.8. The molecule has 7 heteroatoms. The summed E-state index contributed by atoms with van der Waals surface area (Å²) in [6.07, 6.45) is 0. The number of carboxylic acids is 1. The van der Waals surface area contributed by atoms with Crippen LogP contribution in [0.5, 0.6) is 23.0 Å². The van der Waals surface area contributed by atoms with Gasteiger partial charge in [0.1, 0.15) is 23.0 Å². The number of ketones is 2. The molecule has 4 rings (SSSR count). The summed E-state index contributed by atoms with van der Waals surface area (Å²) in [5.41, 5.74) is 2.33. The number of hydrogen-bond acceptors (Lipinski definition) is 6. The number of phenolic OH excluding ortho intramolecular Hbond substituents is 2. The molecule has 0 saturated heterocycles. The van der Waals surface area contributed by atoms with Gasteiger partial charge in [0.05, 0.1) is 5.56 Å². The number of phenols is 2. The summed E-state index contributed by atoms with van der Waals surface area (Å²) >= 11 is 0. The van der Waals surface area contributed by atoms with Gasteiger partial charge in [-0.1, -0.05) is 30.3 Å². The van der Waals surface area contributed by atoms with Crippen LogP contribution in [0.25, 0.3) is 0 Å². The first kappa shape index (κ1) is 21.6. The first-order valence-electron chi connectivity index (χ1n) is 9.36. The summed E-state index contributed by atoms with van der Waals surface area (Å²) in [5, 5.41) is 29.1. The topological polar surface area (TPSA) is 121 Å². The van der Waals surface area contributed by atoms with E-state index in [1.165, 1.54) is 26.0 Å². The van der Waals surface area contributed by atoms with Crippen LogP contribution in [0.2, 0.25) is 0 Å². The maximum atomic E-state index is 11.7. The minimum Gasteiger partial charge on any atom is -0.508 e. The number of carbonyl (C=O) groups excluding carboxylic acids is 2. The van der Waals surface area contributed by atoms with Crippen molar-refractivity contribution in [3.63, 3.8) is 0 Å². The van der Waals surface area contributed by atoms with Gasteiger partial charge >= 0.3 is 5.97 Å². The Kier molecular flexibility index (Phi) is 6.06. The number of aromatic hydroxyl groups is 2. The second-order valence-electron chi connectivity index (χ2n) is 6.98. The molecule has 1 aliphatic heterocycles. The molecule has 0 unspecified atom stereocenters. The van der Waals surface area contributed by atoms with E-state index in [2.05, 4.69) is 0 Å². The molecule has 0 saturated carbocycles. The van der Waals surface area contributed by atoms with Crippen LogP contribution in [-0.4, -0.2) is 32.9 Å². The van der Waals surface area contributed by atoms with Crippen LogP contribution in [0.3, 0.4) is 0 Å². The van der Waals surface area contributed by atoms with Crippen molar-refractivity contribution in [1.29, 1.82) is 0 Å². The van der Waals surface area contributed by atoms with E-state index in [9.17, 15) is 29.7 Å². The third kappa shape index (κ3) is 4.56. The fourth-order valence-electron chi connectivity index (χ4n) is 3.26. The Hall–Kier alpha value is -4.13. The lowest BCUT2D eigenvalue weighted by atomic mass is 9.80. The number of benzene rings is 3. The number of aromatic carboxylic acids is 1. The average molecular weight is 420 g/mol. The third-order valence-corrected chi connectivity index (χ3v) is 4.83. The van der Waals surface area contributed by atoms with Gasteiger partial charge in [-0.25, -0.2) is 4.79 Å². The first-order valence-corrected chi connectivity index (χ1v) is 9.36. The summed E-state index contributed by atoms with van der Waals surface area (Å²) in [5.74, 6) is -1.19. The zero-order chi connectivity index (χ0) is 22.7. The van der Waals surface area contributed by atoms with E-state index in [4.69, 9.17) is 4.74 Å². The summed E-state index contributed by atoms with van der Waals surface area (Å²) in [7, 11) is 0. The quantitative estimate of drug-likeness (QED) is 0.424. The molecule has 1 heterocycles. The Morgan fingerprint density at radius 1 is 0.742 bits per heavy atom. The lowest BCUT2D eigenvalue weighted by molar-refractivity contribution is -0.134. The summed E-state index contributed by atoms with van der Waals surface area (Å²) in [6.45, 7) is 2.50. The molecular formula is C24H20O7. The Morgan fingerprint density at radius 2 is 1.23 bits per heavy atom. The van der Waals surface area contributed by atoms with Crippen LogP contribution < -0.4 is 4.74 Å². The number of rotatable bonds is 3. The van der Waals surface area contributed by atoms with Crippen molar-refractivity contribution >= 4 is 17.5 Å². The van der Waals surface area contributed by atoms with Crippen LogP contribution in [0.1, 0.15) is 46.8 Å². The lowest BCUT2D eigenvalue weighted by Gasteiger charge is -2.29. The largest absolute Gasteiger partial charge is 0.508 e. The lowest BCUT2D eigenvalue weighted by Crippen LogP contribution is -2.15. The van der Waals surface area contributed by atoms with Gasteiger partial charge in [0.2, 0.25) is 0 Å². The summed E-state index contributed by atoms with van der Waals surface area (Å²) < 4.78 is 5.82. The highest BCUT2D eigenvalue weighted by atomic mass is 16.5.